The second kappa shape index (κ2) is 9.33. The minimum absolute atomic E-state index is 0.124. The number of carbonyl (C=O) groups excluding carboxylic acids is 1. The van der Waals surface area contributed by atoms with Crippen LogP contribution < -0.4 is 0 Å². The molecule has 3 rings (SSSR count). The molecular formula is C21H27ClN6O. The largest absolute Gasteiger partial charge is 0.337 e. The number of nitrogens with zero attached hydrogens (tertiary/aromatic N) is 6. The summed E-state index contributed by atoms with van der Waals surface area (Å²) in [5, 5.41) is 4.92. The summed E-state index contributed by atoms with van der Waals surface area (Å²) < 4.78 is 1.73. The van der Waals surface area contributed by atoms with Gasteiger partial charge < -0.3 is 9.80 Å². The fourth-order valence-electron chi connectivity index (χ4n) is 3.33. The van der Waals surface area contributed by atoms with Crippen LogP contribution >= 0.6 is 11.6 Å². The van der Waals surface area contributed by atoms with E-state index in [1.807, 2.05) is 57.1 Å². The second-order valence-electron chi connectivity index (χ2n) is 7.48. The monoisotopic (exact) mass is 414 g/mol. The summed E-state index contributed by atoms with van der Waals surface area (Å²) >= 11 is 5.99. The van der Waals surface area contributed by atoms with Gasteiger partial charge in [-0.2, -0.15) is 10.1 Å². The summed E-state index contributed by atoms with van der Waals surface area (Å²) in [4.78, 5) is 25.7. The maximum absolute atomic E-state index is 13.1. The molecule has 0 saturated carbocycles. The van der Waals surface area contributed by atoms with Crippen LogP contribution in [-0.4, -0.2) is 62.5 Å². The molecule has 7 nitrogen and oxygen atoms in total. The van der Waals surface area contributed by atoms with Gasteiger partial charge in [-0.25, -0.2) is 9.50 Å². The number of amides is 1. The van der Waals surface area contributed by atoms with Crippen molar-refractivity contribution in [3.8, 4) is 0 Å². The number of likely N-dealkylation sites (N-methyl/N-ethyl adjacent to an activating group) is 1. The summed E-state index contributed by atoms with van der Waals surface area (Å²) in [6, 6.07) is 7.65. The Morgan fingerprint density at radius 2 is 1.86 bits per heavy atom. The lowest BCUT2D eigenvalue weighted by atomic mass is 10.1. The highest BCUT2D eigenvalue weighted by molar-refractivity contribution is 6.30. The fourth-order valence-corrected chi connectivity index (χ4v) is 3.46. The first-order chi connectivity index (χ1) is 13.8. The molecule has 0 radical (unpaired) electrons. The third kappa shape index (κ3) is 5.31. The van der Waals surface area contributed by atoms with Crippen LogP contribution in [-0.2, 0) is 17.8 Å². The van der Waals surface area contributed by atoms with E-state index in [-0.39, 0.29) is 5.91 Å². The molecule has 0 atom stereocenters. The van der Waals surface area contributed by atoms with Crippen LogP contribution in [0.1, 0.15) is 28.9 Å². The predicted octanol–water partition coefficient (Wildman–Crippen LogP) is 2.92. The van der Waals surface area contributed by atoms with E-state index < -0.39 is 0 Å². The smallest absolute Gasteiger partial charge is 0.252 e. The summed E-state index contributed by atoms with van der Waals surface area (Å²) in [6.45, 7) is 6.01. The first kappa shape index (κ1) is 21.2. The van der Waals surface area contributed by atoms with Crippen molar-refractivity contribution in [2.45, 2.75) is 33.2 Å². The quantitative estimate of drug-likeness (QED) is 0.567. The van der Waals surface area contributed by atoms with Gasteiger partial charge in [-0.3, -0.25) is 4.79 Å². The summed E-state index contributed by atoms with van der Waals surface area (Å²) in [5.74, 6) is 0.713. The van der Waals surface area contributed by atoms with Gasteiger partial charge in [-0.05, 0) is 57.6 Å². The van der Waals surface area contributed by atoms with Gasteiger partial charge >= 0.3 is 0 Å². The highest BCUT2D eigenvalue weighted by Crippen LogP contribution is 2.17. The molecule has 0 bridgehead atoms. The number of hydrogen-bond acceptors (Lipinski definition) is 5. The summed E-state index contributed by atoms with van der Waals surface area (Å²) in [7, 11) is 4.02. The van der Waals surface area contributed by atoms with E-state index in [0.717, 1.165) is 29.1 Å². The molecule has 0 aliphatic heterocycles. The Labute approximate surface area is 176 Å². The van der Waals surface area contributed by atoms with E-state index in [9.17, 15) is 4.79 Å². The summed E-state index contributed by atoms with van der Waals surface area (Å²) in [5.41, 5.74) is 4.00. The molecular weight excluding hydrogens is 388 g/mol. The Hall–Kier alpha value is -2.51. The summed E-state index contributed by atoms with van der Waals surface area (Å²) in [6.07, 6.45) is 2.54. The normalized spacial score (nSPS) is 11.4. The molecule has 0 fully saturated rings. The number of aryl methyl sites for hydroxylation is 2. The Kier molecular flexibility index (Phi) is 6.82. The van der Waals surface area contributed by atoms with Gasteiger partial charge in [0.1, 0.15) is 6.33 Å². The second-order valence-corrected chi connectivity index (χ2v) is 7.91. The Morgan fingerprint density at radius 1 is 1.14 bits per heavy atom. The van der Waals surface area contributed by atoms with Crippen LogP contribution in [0.5, 0.6) is 0 Å². The molecule has 0 N–H and O–H groups in total. The van der Waals surface area contributed by atoms with Crippen molar-refractivity contribution in [2.24, 2.45) is 0 Å². The van der Waals surface area contributed by atoms with Crippen LogP contribution in [0, 0.1) is 13.8 Å². The maximum atomic E-state index is 13.1. The van der Waals surface area contributed by atoms with Crippen LogP contribution in [0.15, 0.2) is 30.6 Å². The third-order valence-electron chi connectivity index (χ3n) is 5.03. The lowest BCUT2D eigenvalue weighted by Gasteiger charge is -2.25. The van der Waals surface area contributed by atoms with E-state index >= 15 is 0 Å². The first-order valence-electron chi connectivity index (χ1n) is 9.68. The topological polar surface area (TPSA) is 66.6 Å². The average molecular weight is 415 g/mol. The SMILES string of the molecule is Cc1nc2ncnn2c(C)c1CCC(=O)N(CCN(C)C)Cc1ccc(Cl)cc1. The lowest BCUT2D eigenvalue weighted by Crippen LogP contribution is -2.36. The van der Waals surface area contributed by atoms with Crippen LogP contribution in [0.2, 0.25) is 5.02 Å². The molecule has 2 aromatic heterocycles. The zero-order valence-electron chi connectivity index (χ0n) is 17.4. The van der Waals surface area contributed by atoms with Gasteiger partial charge in [0, 0.05) is 42.5 Å². The molecule has 0 aliphatic rings. The average Bonchev–Trinajstić information content (AvgIpc) is 3.14. The van der Waals surface area contributed by atoms with E-state index in [1.54, 1.807) is 4.52 Å². The highest BCUT2D eigenvalue weighted by atomic mass is 35.5. The van der Waals surface area contributed by atoms with Gasteiger partial charge in [0.15, 0.2) is 0 Å². The zero-order valence-corrected chi connectivity index (χ0v) is 18.1. The molecule has 0 unspecified atom stereocenters. The third-order valence-corrected chi connectivity index (χ3v) is 5.29. The number of halogens is 1. The molecule has 3 aromatic rings. The van der Waals surface area contributed by atoms with Gasteiger partial charge in [0.05, 0.1) is 0 Å². The Morgan fingerprint density at radius 3 is 2.55 bits per heavy atom. The van der Waals surface area contributed by atoms with E-state index in [4.69, 9.17) is 11.6 Å². The molecule has 1 aromatic carbocycles. The van der Waals surface area contributed by atoms with Crippen LogP contribution in [0.25, 0.3) is 5.78 Å². The molecule has 1 amide bonds. The van der Waals surface area contributed by atoms with E-state index in [1.165, 1.54) is 6.33 Å². The molecule has 8 heteroatoms. The van der Waals surface area contributed by atoms with Gasteiger partial charge in [0.25, 0.3) is 5.78 Å². The van der Waals surface area contributed by atoms with Crippen molar-refractivity contribution in [1.29, 1.82) is 0 Å². The first-order valence-corrected chi connectivity index (χ1v) is 10.1. The van der Waals surface area contributed by atoms with Gasteiger partial charge in [-0.15, -0.1) is 0 Å². The van der Waals surface area contributed by atoms with Crippen molar-refractivity contribution < 1.29 is 4.79 Å². The Balaban J connectivity index is 1.73. The van der Waals surface area contributed by atoms with Gasteiger partial charge in [-0.1, -0.05) is 23.7 Å². The number of benzene rings is 1. The Bertz CT molecular complexity index is 983. The standard InChI is InChI=1S/C21H27ClN6O/c1-15-19(16(2)28-21(25-15)23-14-24-28)9-10-20(29)27(12-11-26(3)4)13-17-5-7-18(22)8-6-17/h5-8,14H,9-13H2,1-4H3. The number of hydrogen-bond donors (Lipinski definition) is 0. The van der Waals surface area contributed by atoms with Crippen LogP contribution in [0.3, 0.4) is 0 Å². The minimum atomic E-state index is 0.124. The maximum Gasteiger partial charge on any atom is 0.252 e. The molecule has 29 heavy (non-hydrogen) atoms. The lowest BCUT2D eigenvalue weighted by molar-refractivity contribution is -0.131. The zero-order chi connectivity index (χ0) is 21.0. The predicted molar refractivity (Wildman–Crippen MR) is 114 cm³/mol. The molecule has 0 saturated heterocycles. The van der Waals surface area contributed by atoms with Crippen molar-refractivity contribution in [3.63, 3.8) is 0 Å². The molecule has 154 valence electrons. The number of carbonyl (C=O) groups is 1. The minimum Gasteiger partial charge on any atom is -0.337 e. The molecule has 2 heterocycles. The molecule has 0 spiro atoms. The van der Waals surface area contributed by atoms with Crippen molar-refractivity contribution in [3.05, 3.63) is 58.1 Å². The molecule has 0 aliphatic carbocycles. The number of rotatable bonds is 8. The van der Waals surface area contributed by atoms with Crippen molar-refractivity contribution in [2.75, 3.05) is 27.2 Å². The number of aromatic nitrogens is 4. The fraction of sp³-hybridized carbons (Fsp3) is 0.429. The number of fused-ring (bicyclic) bond motifs is 1. The van der Waals surface area contributed by atoms with Crippen molar-refractivity contribution in [1.82, 2.24) is 29.4 Å². The van der Waals surface area contributed by atoms with Crippen LogP contribution in [0.4, 0.5) is 0 Å². The van der Waals surface area contributed by atoms with E-state index in [0.29, 0.717) is 36.7 Å². The van der Waals surface area contributed by atoms with Gasteiger partial charge in [0.2, 0.25) is 5.91 Å². The highest BCUT2D eigenvalue weighted by Gasteiger charge is 2.17. The van der Waals surface area contributed by atoms with Crippen molar-refractivity contribution >= 4 is 23.3 Å². The van der Waals surface area contributed by atoms with E-state index in [2.05, 4.69) is 20.0 Å².